The van der Waals surface area contributed by atoms with Crippen molar-refractivity contribution in [3.63, 3.8) is 0 Å². The second-order valence-corrected chi connectivity index (χ2v) is 12.1. The van der Waals surface area contributed by atoms with E-state index in [0.29, 0.717) is 13.0 Å². The molecule has 0 bridgehead atoms. The van der Waals surface area contributed by atoms with Crippen LogP contribution < -0.4 is 39.3 Å². The van der Waals surface area contributed by atoms with Crippen molar-refractivity contribution in [3.05, 3.63) is 0 Å². The molecule has 18 heteroatoms. The molecular weight excluding hydrogens is 586 g/mol. The van der Waals surface area contributed by atoms with E-state index in [4.69, 9.17) is 42.9 Å². The maximum absolute atomic E-state index is 12.7. The van der Waals surface area contributed by atoms with Crippen molar-refractivity contribution in [2.45, 2.75) is 117 Å². The summed E-state index contributed by atoms with van der Waals surface area (Å²) in [5, 5.41) is 78.9. The highest BCUT2D eigenvalue weighted by molar-refractivity contribution is 5.80. The van der Waals surface area contributed by atoms with Gasteiger partial charge in [0, 0.05) is 31.1 Å². The van der Waals surface area contributed by atoms with Gasteiger partial charge in [0.25, 0.3) is 0 Å². The van der Waals surface area contributed by atoms with E-state index in [0.717, 1.165) is 0 Å². The molecule has 1 saturated carbocycles. The molecule has 3 rings (SSSR count). The van der Waals surface area contributed by atoms with Crippen LogP contribution in [0.4, 0.5) is 0 Å². The third-order valence-corrected chi connectivity index (χ3v) is 8.75. The number of aliphatic hydroxyl groups excluding tert-OH is 7. The third-order valence-electron chi connectivity index (χ3n) is 8.75. The minimum Gasteiger partial charge on any atom is -0.394 e. The number of rotatable bonds is 14. The van der Waals surface area contributed by atoms with Crippen molar-refractivity contribution >= 4 is 5.91 Å². The maximum atomic E-state index is 12.7. The van der Waals surface area contributed by atoms with Gasteiger partial charge in [0.1, 0.15) is 30.5 Å². The molecule has 1 aliphatic carbocycles. The SMILES string of the molecule is NCCC(O)CNC[C@H]1O[C@H](C2[C@@H](N)C[C@@H](NC(=O)[C@@H](O)CCN)[C@H](O[C@H]3O[C@H](CO)[C@@H](O)[C@H](N)[C@H]3O)[C@H]2O)[C@H](N)C[C@@H]1O. The van der Waals surface area contributed by atoms with Crippen LogP contribution in [0.3, 0.4) is 0 Å². The lowest BCUT2D eigenvalue weighted by molar-refractivity contribution is -0.306. The van der Waals surface area contributed by atoms with E-state index in [2.05, 4.69) is 10.6 Å². The lowest BCUT2D eigenvalue weighted by Crippen LogP contribution is -2.70. The highest BCUT2D eigenvalue weighted by atomic mass is 16.7. The Kier molecular flexibility index (Phi) is 14.5. The fraction of sp³-hybridized carbons (Fsp3) is 0.962. The largest absolute Gasteiger partial charge is 0.394 e. The number of carbonyl (C=O) groups is 1. The molecule has 2 unspecified atom stereocenters. The van der Waals surface area contributed by atoms with Crippen LogP contribution in [0, 0.1) is 5.92 Å². The average Bonchev–Trinajstić information content (AvgIpc) is 2.97. The molecule has 2 saturated heterocycles. The van der Waals surface area contributed by atoms with Crippen LogP contribution in [-0.4, -0.2) is 166 Å². The Labute approximate surface area is 256 Å². The number of ether oxygens (including phenoxy) is 3. The van der Waals surface area contributed by atoms with Crippen LogP contribution >= 0.6 is 0 Å². The van der Waals surface area contributed by atoms with Crippen LogP contribution in [0.15, 0.2) is 0 Å². The van der Waals surface area contributed by atoms with Gasteiger partial charge < -0.3 is 89.3 Å². The predicted octanol–water partition coefficient (Wildman–Crippen LogP) is -7.81. The maximum Gasteiger partial charge on any atom is 0.249 e. The zero-order valence-electron chi connectivity index (χ0n) is 24.8. The fourth-order valence-corrected chi connectivity index (χ4v) is 6.21. The number of nitrogens with two attached hydrogens (primary N) is 5. The third kappa shape index (κ3) is 9.00. The average molecular weight is 640 g/mol. The van der Waals surface area contributed by atoms with E-state index < -0.39 is 110 Å². The Morgan fingerprint density at radius 2 is 1.59 bits per heavy atom. The molecule has 0 spiro atoms. The molecule has 0 aromatic heterocycles. The number of amides is 1. The summed E-state index contributed by atoms with van der Waals surface area (Å²) >= 11 is 0. The van der Waals surface area contributed by atoms with Crippen LogP contribution in [0.1, 0.15) is 25.7 Å². The highest BCUT2D eigenvalue weighted by Gasteiger charge is 2.53. The minimum absolute atomic E-state index is 0.0116. The first kappa shape index (κ1) is 37.3. The fourth-order valence-electron chi connectivity index (χ4n) is 6.21. The second-order valence-electron chi connectivity index (χ2n) is 12.1. The minimum atomic E-state index is -1.58. The number of nitrogens with one attached hydrogen (secondary N) is 2. The van der Waals surface area contributed by atoms with Gasteiger partial charge in [-0.25, -0.2) is 0 Å². The van der Waals surface area contributed by atoms with Gasteiger partial charge >= 0.3 is 0 Å². The molecule has 1 amide bonds. The van der Waals surface area contributed by atoms with Crippen molar-refractivity contribution in [1.82, 2.24) is 10.6 Å². The molecule has 2 aliphatic heterocycles. The molecule has 19 N–H and O–H groups in total. The van der Waals surface area contributed by atoms with Gasteiger partial charge in [-0.2, -0.15) is 0 Å². The normalized spacial score (nSPS) is 42.9. The summed E-state index contributed by atoms with van der Waals surface area (Å²) in [6.45, 7) is 0.0896. The molecule has 44 heavy (non-hydrogen) atoms. The topological polar surface area (TPSA) is 341 Å². The van der Waals surface area contributed by atoms with Crippen molar-refractivity contribution in [3.8, 4) is 0 Å². The number of hydrogen-bond donors (Lipinski definition) is 14. The van der Waals surface area contributed by atoms with Crippen molar-refractivity contribution in [2.24, 2.45) is 34.6 Å². The standard InChI is InChI=1S/C26H53N7O11/c27-3-1-10(35)7-32-8-16-15(37)6-12(30)23(42-16)18-11(29)5-13(33-25(41)14(36)2-4-28)24(21(18)39)44-26-22(40)19(31)20(38)17(9-34)43-26/h10-24,26,32,34-40H,1-9,27-31H2,(H,33,41)/t10?,11-,12+,13+,14-,15-,16+,17+,18?,19-,20+,21-,22+,23-,24-,26+/m0/s1. The van der Waals surface area contributed by atoms with E-state index in [9.17, 15) is 40.5 Å². The van der Waals surface area contributed by atoms with Crippen molar-refractivity contribution in [1.29, 1.82) is 0 Å². The molecule has 0 aromatic carbocycles. The van der Waals surface area contributed by atoms with Gasteiger partial charge in [-0.05, 0) is 38.8 Å². The van der Waals surface area contributed by atoms with Gasteiger partial charge in [0.2, 0.25) is 5.91 Å². The molecule has 16 atom stereocenters. The second kappa shape index (κ2) is 17.1. The molecule has 2 heterocycles. The first-order valence-electron chi connectivity index (χ1n) is 15.2. The van der Waals surface area contributed by atoms with Crippen LogP contribution in [0.25, 0.3) is 0 Å². The van der Waals surface area contributed by atoms with E-state index in [1.54, 1.807) is 0 Å². The van der Waals surface area contributed by atoms with Gasteiger partial charge in [0.05, 0.1) is 49.2 Å². The van der Waals surface area contributed by atoms with Crippen molar-refractivity contribution < 1.29 is 54.8 Å². The summed E-state index contributed by atoms with van der Waals surface area (Å²) in [4.78, 5) is 12.7. The van der Waals surface area contributed by atoms with Gasteiger partial charge in [-0.1, -0.05) is 0 Å². The molecule has 18 nitrogen and oxygen atoms in total. The zero-order chi connectivity index (χ0) is 32.7. The Bertz CT molecular complexity index is 882. The van der Waals surface area contributed by atoms with E-state index in [1.165, 1.54) is 0 Å². The Morgan fingerprint density at radius 1 is 0.909 bits per heavy atom. The van der Waals surface area contributed by atoms with Crippen molar-refractivity contribution in [2.75, 3.05) is 32.8 Å². The van der Waals surface area contributed by atoms with Gasteiger partial charge in [0.15, 0.2) is 6.29 Å². The number of hydrogen-bond acceptors (Lipinski definition) is 17. The summed E-state index contributed by atoms with van der Waals surface area (Å²) < 4.78 is 17.8. The van der Waals surface area contributed by atoms with Crippen LogP contribution in [0.2, 0.25) is 0 Å². The summed E-state index contributed by atoms with van der Waals surface area (Å²) in [6, 6.07) is -3.85. The van der Waals surface area contributed by atoms with Gasteiger partial charge in [-0.15, -0.1) is 0 Å². The molecule has 0 aromatic rings. The Hall–Kier alpha value is -1.17. The summed E-state index contributed by atoms with van der Waals surface area (Å²) in [5.41, 5.74) is 29.8. The van der Waals surface area contributed by atoms with E-state index in [1.807, 2.05) is 0 Å². The molecular formula is C26H53N7O11. The first-order valence-corrected chi connectivity index (χ1v) is 15.2. The Balaban J connectivity index is 1.83. The first-order chi connectivity index (χ1) is 20.8. The Morgan fingerprint density at radius 3 is 2.23 bits per heavy atom. The summed E-state index contributed by atoms with van der Waals surface area (Å²) in [7, 11) is 0. The summed E-state index contributed by atoms with van der Waals surface area (Å²) in [6.07, 6.45) is -12.8. The quantitative estimate of drug-likeness (QED) is 0.0838. The smallest absolute Gasteiger partial charge is 0.249 e. The predicted molar refractivity (Wildman–Crippen MR) is 154 cm³/mol. The zero-order valence-corrected chi connectivity index (χ0v) is 24.8. The number of carbonyl (C=O) groups excluding carboxylic acids is 1. The van der Waals surface area contributed by atoms with Crippen LogP contribution in [-0.2, 0) is 19.0 Å². The molecule has 3 fully saturated rings. The number of aliphatic hydroxyl groups is 7. The molecule has 258 valence electrons. The monoisotopic (exact) mass is 639 g/mol. The molecule has 0 radical (unpaired) electrons. The lowest BCUT2D eigenvalue weighted by Gasteiger charge is -2.51. The van der Waals surface area contributed by atoms with E-state index >= 15 is 0 Å². The molecule has 3 aliphatic rings. The van der Waals surface area contributed by atoms with Gasteiger partial charge in [-0.3, -0.25) is 4.79 Å². The highest BCUT2D eigenvalue weighted by Crippen LogP contribution is 2.36. The van der Waals surface area contributed by atoms with Crippen LogP contribution in [0.5, 0.6) is 0 Å². The lowest BCUT2D eigenvalue weighted by atomic mass is 9.72. The summed E-state index contributed by atoms with van der Waals surface area (Å²) in [5.74, 6) is -1.68. The van der Waals surface area contributed by atoms with E-state index in [-0.39, 0.29) is 38.9 Å².